The molecule has 8 heteroatoms. The van der Waals surface area contributed by atoms with Crippen molar-refractivity contribution in [2.45, 2.75) is 6.54 Å². The molecule has 0 radical (unpaired) electrons. The van der Waals surface area contributed by atoms with Gasteiger partial charge in [-0.25, -0.2) is 9.78 Å². The van der Waals surface area contributed by atoms with Crippen LogP contribution in [0.2, 0.25) is 0 Å². The molecule has 7 nitrogen and oxygen atoms in total. The highest BCUT2D eigenvalue weighted by molar-refractivity contribution is 7.22. The molecule has 1 N–H and O–H groups in total. The van der Waals surface area contributed by atoms with Crippen LogP contribution in [0.5, 0.6) is 5.75 Å². The highest BCUT2D eigenvalue weighted by atomic mass is 32.1. The first-order chi connectivity index (χ1) is 14.1. The van der Waals surface area contributed by atoms with Crippen LogP contribution in [0.4, 0.5) is 15.6 Å². The van der Waals surface area contributed by atoms with Gasteiger partial charge >= 0.3 is 6.03 Å². The molecule has 0 unspecified atom stereocenters. The number of nitrogens with zero attached hydrogens (tertiary/aromatic N) is 3. The zero-order valence-electron chi connectivity index (χ0n) is 16.6. The van der Waals surface area contributed by atoms with E-state index >= 15 is 0 Å². The number of methoxy groups -OCH3 is 1. The van der Waals surface area contributed by atoms with Crippen molar-refractivity contribution in [1.29, 1.82) is 0 Å². The van der Waals surface area contributed by atoms with Crippen LogP contribution in [0, 0.1) is 0 Å². The van der Waals surface area contributed by atoms with E-state index in [4.69, 9.17) is 9.47 Å². The molecule has 2 amide bonds. The number of carbonyl (C=O) groups is 1. The topological polar surface area (TPSA) is 66.9 Å². The van der Waals surface area contributed by atoms with Crippen molar-refractivity contribution in [1.82, 2.24) is 9.88 Å². The number of anilines is 2. The number of thiazole rings is 1. The SMILES string of the molecule is COc1cccc2sc(NC(=O)N(C)Cc3ccc(N4CCOCC4)cc3)nc12. The number of ether oxygens (including phenoxy) is 2. The quantitative estimate of drug-likeness (QED) is 0.690. The molecule has 0 atom stereocenters. The summed E-state index contributed by atoms with van der Waals surface area (Å²) in [5.41, 5.74) is 3.02. The second-order valence-electron chi connectivity index (χ2n) is 6.88. The van der Waals surface area contributed by atoms with E-state index in [1.807, 2.05) is 18.2 Å². The van der Waals surface area contributed by atoms with Gasteiger partial charge in [0.25, 0.3) is 0 Å². The third-order valence-electron chi connectivity index (χ3n) is 4.89. The standard InChI is InChI=1S/C21H24N4O3S/c1-24(14-15-6-8-16(9-7-15)25-10-12-28-13-11-25)21(26)23-20-22-19-17(27-2)4-3-5-18(19)29-20/h3-9H,10-14H2,1-2H3,(H,22,23,26). The monoisotopic (exact) mass is 412 g/mol. The molecule has 3 aromatic rings. The predicted molar refractivity (Wildman–Crippen MR) is 116 cm³/mol. The minimum absolute atomic E-state index is 0.194. The number of fused-ring (bicyclic) bond motifs is 1. The number of hydrogen-bond donors (Lipinski definition) is 1. The summed E-state index contributed by atoms with van der Waals surface area (Å²) in [6, 6.07) is 13.9. The van der Waals surface area contributed by atoms with Crippen LogP contribution >= 0.6 is 11.3 Å². The zero-order chi connectivity index (χ0) is 20.2. The molecule has 2 aromatic carbocycles. The molecule has 2 heterocycles. The number of amides is 2. The maximum absolute atomic E-state index is 12.6. The Bertz CT molecular complexity index is 983. The Morgan fingerprint density at radius 3 is 2.72 bits per heavy atom. The minimum atomic E-state index is -0.194. The average Bonchev–Trinajstić information content (AvgIpc) is 3.17. The fourth-order valence-electron chi connectivity index (χ4n) is 3.31. The first-order valence-electron chi connectivity index (χ1n) is 9.51. The van der Waals surface area contributed by atoms with Gasteiger partial charge in [0.05, 0.1) is 25.0 Å². The van der Waals surface area contributed by atoms with Crippen LogP contribution < -0.4 is 15.0 Å². The van der Waals surface area contributed by atoms with Crippen LogP contribution in [0.15, 0.2) is 42.5 Å². The summed E-state index contributed by atoms with van der Waals surface area (Å²) in [6.45, 7) is 3.87. The Morgan fingerprint density at radius 2 is 2.00 bits per heavy atom. The van der Waals surface area contributed by atoms with E-state index in [1.165, 1.54) is 17.0 Å². The highest BCUT2D eigenvalue weighted by Gasteiger charge is 2.15. The van der Waals surface area contributed by atoms with Crippen molar-refractivity contribution in [3.8, 4) is 5.75 Å². The van der Waals surface area contributed by atoms with E-state index < -0.39 is 0 Å². The number of aromatic nitrogens is 1. The molecule has 152 valence electrons. The van der Waals surface area contributed by atoms with Crippen LogP contribution in [-0.2, 0) is 11.3 Å². The summed E-state index contributed by atoms with van der Waals surface area (Å²) in [4.78, 5) is 21.0. The van der Waals surface area contributed by atoms with E-state index in [0.29, 0.717) is 17.4 Å². The third-order valence-corrected chi connectivity index (χ3v) is 5.83. The number of para-hydroxylation sites is 1. The molecule has 0 bridgehead atoms. The number of rotatable bonds is 5. The van der Waals surface area contributed by atoms with Crippen LogP contribution in [-0.4, -0.2) is 56.4 Å². The van der Waals surface area contributed by atoms with Gasteiger partial charge in [-0.3, -0.25) is 5.32 Å². The smallest absolute Gasteiger partial charge is 0.323 e. The van der Waals surface area contributed by atoms with Gasteiger partial charge in [-0.2, -0.15) is 0 Å². The van der Waals surface area contributed by atoms with Crippen molar-refractivity contribution in [2.75, 3.05) is 50.7 Å². The van der Waals surface area contributed by atoms with E-state index in [9.17, 15) is 4.79 Å². The fraction of sp³-hybridized carbons (Fsp3) is 0.333. The first kappa shape index (κ1) is 19.5. The van der Waals surface area contributed by atoms with Crippen molar-refractivity contribution in [3.63, 3.8) is 0 Å². The number of hydrogen-bond acceptors (Lipinski definition) is 6. The van der Waals surface area contributed by atoms with Crippen LogP contribution in [0.3, 0.4) is 0 Å². The molecule has 0 aliphatic carbocycles. The second kappa shape index (κ2) is 8.67. The summed E-state index contributed by atoms with van der Waals surface area (Å²) >= 11 is 1.43. The van der Waals surface area contributed by atoms with E-state index in [2.05, 4.69) is 39.5 Å². The maximum Gasteiger partial charge on any atom is 0.323 e. The van der Waals surface area contributed by atoms with E-state index in [1.54, 1.807) is 19.1 Å². The maximum atomic E-state index is 12.6. The fourth-order valence-corrected chi connectivity index (χ4v) is 4.18. The number of nitrogens with one attached hydrogen (secondary N) is 1. The molecule has 29 heavy (non-hydrogen) atoms. The van der Waals surface area contributed by atoms with Gasteiger partial charge in [0.1, 0.15) is 11.3 Å². The molecule has 1 aliphatic rings. The average molecular weight is 413 g/mol. The lowest BCUT2D eigenvalue weighted by molar-refractivity contribution is 0.122. The molecule has 0 saturated carbocycles. The van der Waals surface area contributed by atoms with Crippen LogP contribution in [0.25, 0.3) is 10.2 Å². The number of urea groups is 1. The molecular formula is C21H24N4O3S. The summed E-state index contributed by atoms with van der Waals surface area (Å²) in [7, 11) is 3.39. The third kappa shape index (κ3) is 4.44. The van der Waals surface area contributed by atoms with E-state index in [-0.39, 0.29) is 6.03 Å². The molecule has 1 saturated heterocycles. The lowest BCUT2D eigenvalue weighted by atomic mass is 10.2. The molecule has 0 spiro atoms. The normalized spacial score (nSPS) is 14.1. The Hall–Kier alpha value is -2.84. The number of benzene rings is 2. The van der Waals surface area contributed by atoms with Gasteiger partial charge in [0.15, 0.2) is 5.13 Å². The number of morpholine rings is 1. The molecule has 1 fully saturated rings. The van der Waals surface area contributed by atoms with Gasteiger partial charge in [0, 0.05) is 32.4 Å². The molecule has 1 aromatic heterocycles. The largest absolute Gasteiger partial charge is 0.494 e. The summed E-state index contributed by atoms with van der Waals surface area (Å²) < 4.78 is 11.7. The molecule has 1 aliphatic heterocycles. The zero-order valence-corrected chi connectivity index (χ0v) is 17.4. The van der Waals surface area contributed by atoms with Gasteiger partial charge < -0.3 is 19.3 Å². The highest BCUT2D eigenvalue weighted by Crippen LogP contribution is 2.32. The van der Waals surface area contributed by atoms with Crippen molar-refractivity contribution in [3.05, 3.63) is 48.0 Å². The van der Waals surface area contributed by atoms with E-state index in [0.717, 1.165) is 42.1 Å². The lowest BCUT2D eigenvalue weighted by Gasteiger charge is -2.29. The second-order valence-corrected chi connectivity index (χ2v) is 7.91. The van der Waals surface area contributed by atoms with Crippen LogP contribution in [0.1, 0.15) is 5.56 Å². The Labute approximate surface area is 173 Å². The Kier molecular flexibility index (Phi) is 5.82. The first-order valence-corrected chi connectivity index (χ1v) is 10.3. The molecular weight excluding hydrogens is 388 g/mol. The predicted octanol–water partition coefficient (Wildman–Crippen LogP) is 3.81. The van der Waals surface area contributed by atoms with Gasteiger partial charge in [-0.15, -0.1) is 0 Å². The Balaban J connectivity index is 1.38. The van der Waals surface area contributed by atoms with Gasteiger partial charge in [-0.05, 0) is 29.8 Å². The lowest BCUT2D eigenvalue weighted by Crippen LogP contribution is -2.36. The summed E-state index contributed by atoms with van der Waals surface area (Å²) in [5.74, 6) is 0.702. The summed E-state index contributed by atoms with van der Waals surface area (Å²) in [6.07, 6.45) is 0. The minimum Gasteiger partial charge on any atom is -0.494 e. The van der Waals surface area contributed by atoms with Gasteiger partial charge in [-0.1, -0.05) is 29.5 Å². The van der Waals surface area contributed by atoms with Crippen molar-refractivity contribution in [2.24, 2.45) is 0 Å². The van der Waals surface area contributed by atoms with Crippen molar-refractivity contribution < 1.29 is 14.3 Å². The van der Waals surface area contributed by atoms with Gasteiger partial charge in [0.2, 0.25) is 0 Å². The van der Waals surface area contributed by atoms with Crippen molar-refractivity contribution >= 4 is 38.4 Å². The number of carbonyl (C=O) groups excluding carboxylic acids is 1. The summed E-state index contributed by atoms with van der Waals surface area (Å²) in [5, 5.41) is 3.44. The molecule has 4 rings (SSSR count). The Morgan fingerprint density at radius 1 is 1.24 bits per heavy atom.